The highest BCUT2D eigenvalue weighted by Crippen LogP contribution is 2.45. The van der Waals surface area contributed by atoms with Gasteiger partial charge in [0.15, 0.2) is 0 Å². The Morgan fingerprint density at radius 3 is 1.63 bits per heavy atom. The van der Waals surface area contributed by atoms with Crippen LogP contribution in [0.3, 0.4) is 0 Å². The number of hydrogen-bond acceptors (Lipinski definition) is 2. The lowest BCUT2D eigenvalue weighted by atomic mass is 9.92. The number of anilines is 3. The van der Waals surface area contributed by atoms with Crippen LogP contribution in [0.5, 0.6) is 0 Å². The SMILES string of the molecule is c1ccc(-c2ccc(N(c3ccc4cc(-c5cc6ccccc6c6ccccc56)ccc4c3)c3ccc4c(ccc5c6ccccc6sc45)c3)cc2-c2ccccc2)cc1. The Labute approximate surface area is 352 Å². The summed E-state index contributed by atoms with van der Waals surface area (Å²) >= 11 is 1.89. The van der Waals surface area contributed by atoms with Crippen LogP contribution in [0.2, 0.25) is 0 Å². The third-order valence-electron chi connectivity index (χ3n) is 12.2. The van der Waals surface area contributed by atoms with Gasteiger partial charge in [-0.1, -0.05) is 170 Å². The second-order valence-corrected chi connectivity index (χ2v) is 16.7. The zero-order valence-electron chi connectivity index (χ0n) is 32.7. The molecule has 1 heterocycles. The Hall–Kier alpha value is -7.52. The molecule has 0 aliphatic heterocycles. The van der Waals surface area contributed by atoms with Crippen molar-refractivity contribution in [2.24, 2.45) is 0 Å². The monoisotopic (exact) mass is 779 g/mol. The van der Waals surface area contributed by atoms with Gasteiger partial charge in [-0.15, -0.1) is 11.3 Å². The predicted octanol–water partition coefficient (Wildman–Crippen LogP) is 17.1. The number of hydrogen-bond donors (Lipinski definition) is 0. The van der Waals surface area contributed by atoms with E-state index in [0.29, 0.717) is 0 Å². The molecule has 0 aliphatic rings. The smallest absolute Gasteiger partial charge is 0.0468 e. The normalized spacial score (nSPS) is 11.7. The van der Waals surface area contributed by atoms with Crippen LogP contribution in [0.15, 0.2) is 224 Å². The fraction of sp³-hybridized carbons (Fsp3) is 0. The van der Waals surface area contributed by atoms with E-state index >= 15 is 0 Å². The van der Waals surface area contributed by atoms with E-state index in [2.05, 4.69) is 229 Å². The van der Waals surface area contributed by atoms with E-state index in [9.17, 15) is 0 Å². The first-order valence-corrected chi connectivity index (χ1v) is 21.4. The minimum absolute atomic E-state index is 1.11. The highest BCUT2D eigenvalue weighted by molar-refractivity contribution is 7.26. The van der Waals surface area contributed by atoms with Crippen LogP contribution in [0.25, 0.3) is 96.6 Å². The van der Waals surface area contributed by atoms with E-state index in [4.69, 9.17) is 0 Å². The van der Waals surface area contributed by atoms with Crippen molar-refractivity contribution in [3.63, 3.8) is 0 Å². The average Bonchev–Trinajstić information content (AvgIpc) is 3.71. The largest absolute Gasteiger partial charge is 0.310 e. The highest BCUT2D eigenvalue weighted by atomic mass is 32.1. The molecule has 0 saturated heterocycles. The molecule has 1 nitrogen and oxygen atoms in total. The van der Waals surface area contributed by atoms with Gasteiger partial charge in [0.05, 0.1) is 0 Å². The molecule has 11 aromatic carbocycles. The van der Waals surface area contributed by atoms with Gasteiger partial charge in [0.25, 0.3) is 0 Å². The predicted molar refractivity (Wildman–Crippen MR) is 260 cm³/mol. The summed E-state index contributed by atoms with van der Waals surface area (Å²) in [6.45, 7) is 0. The van der Waals surface area contributed by atoms with E-state index in [1.54, 1.807) is 0 Å². The number of rotatable bonds is 6. The summed E-state index contributed by atoms with van der Waals surface area (Å²) in [5, 5.41) is 12.7. The van der Waals surface area contributed by atoms with Crippen LogP contribution in [0.1, 0.15) is 0 Å². The van der Waals surface area contributed by atoms with Crippen molar-refractivity contribution in [3.05, 3.63) is 224 Å². The second-order valence-electron chi connectivity index (χ2n) is 15.7. The van der Waals surface area contributed by atoms with Crippen molar-refractivity contribution in [1.29, 1.82) is 0 Å². The first-order valence-electron chi connectivity index (χ1n) is 20.6. The van der Waals surface area contributed by atoms with Crippen LogP contribution in [-0.4, -0.2) is 0 Å². The Morgan fingerprint density at radius 2 is 0.817 bits per heavy atom. The van der Waals surface area contributed by atoms with Gasteiger partial charge in [0.2, 0.25) is 0 Å². The fourth-order valence-electron chi connectivity index (χ4n) is 9.32. The summed E-state index contributed by atoms with van der Waals surface area (Å²) < 4.78 is 2.66. The van der Waals surface area contributed by atoms with Crippen molar-refractivity contribution in [1.82, 2.24) is 0 Å². The van der Waals surface area contributed by atoms with E-state index < -0.39 is 0 Å². The first-order chi connectivity index (χ1) is 29.7. The minimum Gasteiger partial charge on any atom is -0.310 e. The summed E-state index contributed by atoms with van der Waals surface area (Å²) in [5.41, 5.74) is 10.6. The molecule has 0 bridgehead atoms. The summed E-state index contributed by atoms with van der Waals surface area (Å²) in [6, 6.07) is 82.6. The van der Waals surface area contributed by atoms with Gasteiger partial charge >= 0.3 is 0 Å². The summed E-state index contributed by atoms with van der Waals surface area (Å²) in [7, 11) is 0. The van der Waals surface area contributed by atoms with Gasteiger partial charge < -0.3 is 4.90 Å². The molecular weight excluding hydrogens is 743 g/mol. The third-order valence-corrected chi connectivity index (χ3v) is 13.4. The van der Waals surface area contributed by atoms with Crippen molar-refractivity contribution in [2.75, 3.05) is 4.90 Å². The van der Waals surface area contributed by atoms with E-state index in [0.717, 1.165) is 17.1 Å². The van der Waals surface area contributed by atoms with Crippen molar-refractivity contribution in [2.45, 2.75) is 0 Å². The molecule has 0 spiro atoms. The van der Waals surface area contributed by atoms with Crippen molar-refractivity contribution in [3.8, 4) is 33.4 Å². The number of fused-ring (bicyclic) bond motifs is 9. The maximum absolute atomic E-state index is 2.43. The average molecular weight is 780 g/mol. The first kappa shape index (κ1) is 34.5. The van der Waals surface area contributed by atoms with E-state index in [1.807, 2.05) is 11.3 Å². The van der Waals surface area contributed by atoms with Gasteiger partial charge in [-0.3, -0.25) is 0 Å². The summed E-state index contributed by atoms with van der Waals surface area (Å²) in [6.07, 6.45) is 0. The molecule has 0 fully saturated rings. The van der Waals surface area contributed by atoms with Gasteiger partial charge in [-0.05, 0) is 131 Å². The molecule has 0 aliphatic carbocycles. The molecule has 0 saturated carbocycles. The topological polar surface area (TPSA) is 3.24 Å². The Balaban J connectivity index is 1.04. The number of thiophene rings is 1. The zero-order chi connectivity index (χ0) is 39.6. The van der Waals surface area contributed by atoms with Gasteiger partial charge in [0, 0.05) is 37.2 Å². The molecule has 2 heteroatoms. The Bertz CT molecular complexity index is 3600. The Kier molecular flexibility index (Phi) is 8.11. The van der Waals surface area contributed by atoms with Crippen LogP contribution < -0.4 is 4.90 Å². The standard InChI is InChI=1S/C58H37NS/c1-3-13-38(14-4-1)49-31-28-47(37-56(49)39-15-5-2-6-16-39)59(46-29-32-50-44(35-46)26-30-54-53-21-11-12-22-57(53)60-58(50)54)45-27-25-40-33-43(24-23-41(40)34-45)55-36-42-17-7-8-18-48(42)51-19-9-10-20-52(51)55/h1-37H. The molecule has 280 valence electrons. The number of nitrogens with zero attached hydrogens (tertiary/aromatic N) is 1. The molecule has 60 heavy (non-hydrogen) atoms. The molecule has 0 N–H and O–H groups in total. The molecule has 0 radical (unpaired) electrons. The third kappa shape index (κ3) is 5.76. The Morgan fingerprint density at radius 1 is 0.267 bits per heavy atom. The molecule has 0 amide bonds. The van der Waals surface area contributed by atoms with Crippen molar-refractivity contribution < 1.29 is 0 Å². The van der Waals surface area contributed by atoms with E-state index in [1.165, 1.54) is 96.6 Å². The van der Waals surface area contributed by atoms with Gasteiger partial charge in [0.1, 0.15) is 0 Å². The van der Waals surface area contributed by atoms with Crippen LogP contribution in [-0.2, 0) is 0 Å². The maximum atomic E-state index is 2.43. The molecule has 12 aromatic rings. The minimum atomic E-state index is 1.11. The lowest BCUT2D eigenvalue weighted by Gasteiger charge is -2.27. The van der Waals surface area contributed by atoms with Crippen molar-refractivity contribution >= 4 is 91.7 Å². The lowest BCUT2D eigenvalue weighted by Crippen LogP contribution is -2.10. The second kappa shape index (κ2) is 14.1. The summed E-state index contributed by atoms with van der Waals surface area (Å²) in [4.78, 5) is 2.43. The molecule has 12 rings (SSSR count). The number of benzene rings is 11. The lowest BCUT2D eigenvalue weighted by molar-refractivity contribution is 1.29. The van der Waals surface area contributed by atoms with Crippen LogP contribution in [0.4, 0.5) is 17.1 Å². The fourth-order valence-corrected chi connectivity index (χ4v) is 10.6. The summed E-state index contributed by atoms with van der Waals surface area (Å²) in [5.74, 6) is 0. The molecular formula is C58H37NS. The van der Waals surface area contributed by atoms with Gasteiger partial charge in [-0.2, -0.15) is 0 Å². The molecule has 0 atom stereocenters. The maximum Gasteiger partial charge on any atom is 0.0468 e. The quantitative estimate of drug-likeness (QED) is 0.152. The molecule has 1 aromatic heterocycles. The van der Waals surface area contributed by atoms with Gasteiger partial charge in [-0.25, -0.2) is 0 Å². The van der Waals surface area contributed by atoms with Crippen LogP contribution in [0, 0.1) is 0 Å². The molecule has 0 unspecified atom stereocenters. The van der Waals surface area contributed by atoms with E-state index in [-0.39, 0.29) is 0 Å². The zero-order valence-corrected chi connectivity index (χ0v) is 33.5. The highest BCUT2D eigenvalue weighted by Gasteiger charge is 2.19. The van der Waals surface area contributed by atoms with Crippen LogP contribution >= 0.6 is 11.3 Å².